The maximum absolute atomic E-state index is 16.0. The van der Waals surface area contributed by atoms with Crippen LogP contribution in [0.25, 0.3) is 10.9 Å². The van der Waals surface area contributed by atoms with Crippen molar-refractivity contribution in [1.82, 2.24) is 15.2 Å². The van der Waals surface area contributed by atoms with Crippen LogP contribution in [-0.2, 0) is 20.2 Å². The van der Waals surface area contributed by atoms with Gasteiger partial charge in [0.05, 0.1) is 30.3 Å². The third kappa shape index (κ3) is 6.63. The Bertz CT molecular complexity index is 1540. The Kier molecular flexibility index (Phi) is 8.61. The predicted molar refractivity (Wildman–Crippen MR) is 164 cm³/mol. The fraction of sp³-hybridized carbons (Fsp3) is 0.588. The number of carbonyl (C=O) groups excluding carboxylic acids is 3. The lowest BCUT2D eigenvalue weighted by Crippen LogP contribution is -2.57. The molecule has 3 aliphatic rings. The number of fused-ring (bicyclic) bond motifs is 5. The number of hydrogen-bond acceptors (Lipinski definition) is 7. The number of aromatic nitrogens is 1. The van der Waals surface area contributed by atoms with E-state index in [9.17, 15) is 14.4 Å². The molecular formula is C34H43F2N3O6. The van der Waals surface area contributed by atoms with Crippen LogP contribution < -0.4 is 14.8 Å². The zero-order valence-corrected chi connectivity index (χ0v) is 27.0. The van der Waals surface area contributed by atoms with Gasteiger partial charge in [-0.15, -0.1) is 0 Å². The summed E-state index contributed by atoms with van der Waals surface area (Å²) in [5.74, 6) is -4.26. The molecule has 2 amide bonds. The third-order valence-corrected chi connectivity index (χ3v) is 9.09. The molecule has 2 aliphatic heterocycles. The van der Waals surface area contributed by atoms with E-state index in [2.05, 4.69) is 10.3 Å². The monoisotopic (exact) mass is 627 g/mol. The highest BCUT2D eigenvalue weighted by atomic mass is 19.3. The zero-order chi connectivity index (χ0) is 32.9. The number of Topliss-reactive ketones (excluding diaryl/α,β-unsaturated/α-hetero) is 1. The Morgan fingerprint density at radius 1 is 1.20 bits per heavy atom. The lowest BCUT2D eigenvalue weighted by Gasteiger charge is -2.35. The van der Waals surface area contributed by atoms with Crippen molar-refractivity contribution >= 4 is 28.7 Å². The number of alkyl halides is 2. The second kappa shape index (κ2) is 11.9. The van der Waals surface area contributed by atoms with Gasteiger partial charge in [-0.1, -0.05) is 27.7 Å². The summed E-state index contributed by atoms with van der Waals surface area (Å²) in [6.45, 7) is 12.5. The third-order valence-electron chi connectivity index (χ3n) is 9.09. The molecule has 0 spiro atoms. The summed E-state index contributed by atoms with van der Waals surface area (Å²) in [4.78, 5) is 46.1. The van der Waals surface area contributed by atoms with Crippen molar-refractivity contribution in [3.8, 4) is 11.6 Å². The summed E-state index contributed by atoms with van der Waals surface area (Å²) in [5.41, 5.74) is -0.739. The molecule has 1 saturated heterocycles. The minimum atomic E-state index is -3.27. The lowest BCUT2D eigenvalue weighted by molar-refractivity contribution is -0.141. The first-order chi connectivity index (χ1) is 21.0. The average molecular weight is 628 g/mol. The largest absolute Gasteiger partial charge is 0.494 e. The van der Waals surface area contributed by atoms with Crippen LogP contribution in [0.1, 0.15) is 79.7 Å². The van der Waals surface area contributed by atoms with Crippen molar-refractivity contribution < 1.29 is 37.4 Å². The number of benzene rings is 1. The van der Waals surface area contributed by atoms with Crippen molar-refractivity contribution in [2.45, 2.75) is 104 Å². The second-order valence-corrected chi connectivity index (χ2v) is 13.7. The van der Waals surface area contributed by atoms with Gasteiger partial charge in [-0.2, -0.15) is 0 Å². The van der Waals surface area contributed by atoms with E-state index < -0.39 is 59.5 Å². The molecule has 0 radical (unpaired) electrons. The molecule has 45 heavy (non-hydrogen) atoms. The first kappa shape index (κ1) is 32.6. The van der Waals surface area contributed by atoms with Gasteiger partial charge < -0.3 is 24.4 Å². The minimum Gasteiger partial charge on any atom is -0.494 e. The molecule has 3 heterocycles. The van der Waals surface area contributed by atoms with Crippen LogP contribution >= 0.6 is 0 Å². The first-order valence-electron chi connectivity index (χ1n) is 15.7. The van der Waals surface area contributed by atoms with Crippen LogP contribution in [0.4, 0.5) is 13.6 Å². The van der Waals surface area contributed by atoms with E-state index in [0.717, 1.165) is 5.57 Å². The van der Waals surface area contributed by atoms with E-state index in [-0.39, 0.29) is 30.2 Å². The Morgan fingerprint density at radius 3 is 2.60 bits per heavy atom. The molecule has 2 bridgehead atoms. The molecule has 1 N–H and O–H groups in total. The molecule has 9 nitrogen and oxygen atoms in total. The molecular weight excluding hydrogens is 584 g/mol. The van der Waals surface area contributed by atoms with Crippen molar-refractivity contribution in [2.24, 2.45) is 11.3 Å². The maximum Gasteiger partial charge on any atom is 0.409 e. The zero-order valence-electron chi connectivity index (χ0n) is 27.0. The molecule has 244 valence electrons. The molecule has 5 atom stereocenters. The van der Waals surface area contributed by atoms with Gasteiger partial charge in [0.1, 0.15) is 17.9 Å². The second-order valence-electron chi connectivity index (χ2n) is 13.7. The summed E-state index contributed by atoms with van der Waals surface area (Å²) >= 11 is 0. The van der Waals surface area contributed by atoms with Crippen molar-refractivity contribution in [3.05, 3.63) is 41.5 Å². The number of rotatable bonds is 3. The highest BCUT2D eigenvalue weighted by molar-refractivity contribution is 5.93. The SMILES string of the molecule is CCOc1ccc2cc3c(nc2c1)O[C@H]1CN(C(=O)[C@H](C(C)(C)C)NC(=O)O[C@]2(C)C=C2CCCCC3(F)F)[C@H](C(C)=O)[C@@H]1C. The van der Waals surface area contributed by atoms with Gasteiger partial charge in [0.15, 0.2) is 11.4 Å². The first-order valence-corrected chi connectivity index (χ1v) is 15.7. The molecule has 1 aliphatic carbocycles. The van der Waals surface area contributed by atoms with Crippen molar-refractivity contribution in [1.29, 1.82) is 0 Å². The highest BCUT2D eigenvalue weighted by Gasteiger charge is 2.50. The van der Waals surface area contributed by atoms with Gasteiger partial charge in [0, 0.05) is 23.8 Å². The Morgan fingerprint density at radius 2 is 1.93 bits per heavy atom. The van der Waals surface area contributed by atoms with Crippen LogP contribution in [0.15, 0.2) is 35.9 Å². The number of hydrogen-bond donors (Lipinski definition) is 1. The number of nitrogens with one attached hydrogen (secondary N) is 1. The van der Waals surface area contributed by atoms with Crippen LogP contribution in [0.2, 0.25) is 0 Å². The van der Waals surface area contributed by atoms with Crippen molar-refractivity contribution in [3.63, 3.8) is 0 Å². The molecule has 2 aromatic rings. The molecule has 1 aromatic carbocycles. The summed E-state index contributed by atoms with van der Waals surface area (Å²) in [5, 5.41) is 3.27. The molecule has 1 fully saturated rings. The van der Waals surface area contributed by atoms with E-state index in [1.807, 2.05) is 27.7 Å². The smallest absolute Gasteiger partial charge is 0.409 e. The normalized spacial score (nSPS) is 28.8. The van der Waals surface area contributed by atoms with Gasteiger partial charge >= 0.3 is 6.09 Å². The topological polar surface area (TPSA) is 107 Å². The number of ketones is 1. The molecule has 0 saturated carbocycles. The van der Waals surface area contributed by atoms with Gasteiger partial charge in [-0.25, -0.2) is 18.6 Å². The van der Waals surface area contributed by atoms with E-state index in [0.29, 0.717) is 36.1 Å². The number of carbonyl (C=O) groups is 3. The van der Waals surface area contributed by atoms with Crippen LogP contribution in [0.3, 0.4) is 0 Å². The highest BCUT2D eigenvalue weighted by Crippen LogP contribution is 2.45. The van der Waals surface area contributed by atoms with Crippen LogP contribution in [0.5, 0.6) is 11.6 Å². The molecule has 11 heteroatoms. The van der Waals surface area contributed by atoms with Crippen molar-refractivity contribution in [2.75, 3.05) is 13.2 Å². The van der Waals surface area contributed by atoms with Crippen LogP contribution in [-0.4, -0.2) is 64.6 Å². The van der Waals surface area contributed by atoms with Gasteiger partial charge in [-0.05, 0) is 75.3 Å². The quantitative estimate of drug-likeness (QED) is 0.397. The number of pyridine rings is 1. The summed E-state index contributed by atoms with van der Waals surface area (Å²) in [7, 11) is 0. The van der Waals surface area contributed by atoms with E-state index in [4.69, 9.17) is 14.2 Å². The van der Waals surface area contributed by atoms with Gasteiger partial charge in [0.25, 0.3) is 5.92 Å². The molecule has 1 aromatic heterocycles. The van der Waals surface area contributed by atoms with Gasteiger partial charge in [-0.3, -0.25) is 9.59 Å². The van der Waals surface area contributed by atoms with E-state index >= 15 is 8.78 Å². The molecule has 0 unspecified atom stereocenters. The number of amides is 2. The predicted octanol–water partition coefficient (Wildman–Crippen LogP) is 6.32. The maximum atomic E-state index is 16.0. The number of alkyl carbamates (subject to hydrolysis) is 1. The Labute approximate surface area is 262 Å². The Hall–Kier alpha value is -3.76. The summed E-state index contributed by atoms with van der Waals surface area (Å²) in [6.07, 6.45) is 0.952. The number of halogens is 2. The van der Waals surface area contributed by atoms with E-state index in [1.165, 1.54) is 17.9 Å². The van der Waals surface area contributed by atoms with Crippen LogP contribution in [0, 0.1) is 11.3 Å². The fourth-order valence-corrected chi connectivity index (χ4v) is 6.47. The summed E-state index contributed by atoms with van der Waals surface area (Å²) < 4.78 is 49.6. The van der Waals surface area contributed by atoms with Gasteiger partial charge in [0.2, 0.25) is 11.8 Å². The lowest BCUT2D eigenvalue weighted by atomic mass is 9.85. The standard InChI is InChI=1S/C34H43F2N3O6/c1-8-43-23-13-12-21-15-24-29(37-25(21)16-23)44-26-18-39(27(19(26)2)20(3)40)30(41)28(32(4,5)6)38-31(42)45-33(7)17-22(33)11-9-10-14-34(24,35)36/h12-13,15-17,19,26-28H,8-11,14,18H2,1-7H3,(H,38,42)/t19-,26+,27+,28-,33-/m1/s1. The fourth-order valence-electron chi connectivity index (χ4n) is 6.47. The molecule has 5 rings (SSSR count). The number of nitrogens with zero attached hydrogens (tertiary/aromatic N) is 2. The Balaban J connectivity index is 1.58. The summed E-state index contributed by atoms with van der Waals surface area (Å²) in [6, 6.07) is 4.58. The average Bonchev–Trinajstić information content (AvgIpc) is 3.46. The minimum absolute atomic E-state index is 0.0549. The van der Waals surface area contributed by atoms with E-state index in [1.54, 1.807) is 38.1 Å². The number of ether oxygens (including phenoxy) is 3.